The largest absolute Gasteiger partial charge is 0.392 e. The summed E-state index contributed by atoms with van der Waals surface area (Å²) in [4.78, 5) is 17.5. The maximum atomic E-state index is 13.9. The number of aliphatic imine (C=N–C) groups is 1. The molecule has 6 heteroatoms. The maximum Gasteiger partial charge on any atom is 0.253 e. The van der Waals surface area contributed by atoms with E-state index in [1.54, 1.807) is 25.1 Å². The summed E-state index contributed by atoms with van der Waals surface area (Å²) in [6, 6.07) is 10.5. The smallest absolute Gasteiger partial charge is 0.253 e. The molecule has 33 heavy (non-hydrogen) atoms. The van der Waals surface area contributed by atoms with Crippen molar-refractivity contribution in [1.82, 2.24) is 5.32 Å². The Bertz CT molecular complexity index is 1070. The standard InChI is InChI=1S/C27H32FN3O2/c1-4-6-22(17-32)26(29-5-2)21-11-12-25(30-15-19-9-10-19)23(14-21)27(33)31-16-20-8-7-18(3)24(28)13-20/h5-8,11-14,19,30,32H,2,4,9-10,15-17H2,1,3H3,(H,31,33)/b22-6-,29-26-. The first-order chi connectivity index (χ1) is 16.0. The fourth-order valence-corrected chi connectivity index (χ4v) is 3.55. The van der Waals surface area contributed by atoms with Gasteiger partial charge in [0.25, 0.3) is 5.91 Å². The van der Waals surface area contributed by atoms with Gasteiger partial charge in [0.05, 0.1) is 17.9 Å². The van der Waals surface area contributed by atoms with Crippen LogP contribution in [0.4, 0.5) is 10.1 Å². The van der Waals surface area contributed by atoms with Crippen molar-refractivity contribution in [2.45, 2.75) is 39.7 Å². The minimum absolute atomic E-state index is 0.164. The molecule has 0 atom stereocenters. The number of aliphatic hydroxyl groups excluding tert-OH is 1. The molecule has 174 valence electrons. The van der Waals surface area contributed by atoms with Crippen LogP contribution in [0, 0.1) is 18.7 Å². The summed E-state index contributed by atoms with van der Waals surface area (Å²) in [7, 11) is 0. The van der Waals surface area contributed by atoms with Crippen molar-refractivity contribution >= 4 is 17.3 Å². The van der Waals surface area contributed by atoms with Crippen LogP contribution in [0.3, 0.4) is 0 Å². The van der Waals surface area contributed by atoms with E-state index >= 15 is 0 Å². The number of carbonyl (C=O) groups is 1. The Balaban J connectivity index is 1.90. The third-order valence-electron chi connectivity index (χ3n) is 5.65. The van der Waals surface area contributed by atoms with Gasteiger partial charge in [-0.1, -0.05) is 37.8 Å². The number of aliphatic hydroxyl groups is 1. The van der Waals surface area contributed by atoms with Gasteiger partial charge in [-0.15, -0.1) is 0 Å². The highest BCUT2D eigenvalue weighted by Crippen LogP contribution is 2.30. The van der Waals surface area contributed by atoms with Crippen molar-refractivity contribution in [3.05, 3.63) is 88.9 Å². The molecule has 0 saturated heterocycles. The number of nitrogens with zero attached hydrogens (tertiary/aromatic N) is 1. The SMILES string of the molecule is C=C/N=C(\C(=C/CC)CO)c1ccc(NCC2CC2)c(C(=O)NCc2ccc(C)c(F)c2)c1. The number of anilines is 1. The molecule has 0 spiro atoms. The van der Waals surface area contributed by atoms with Gasteiger partial charge in [0, 0.05) is 30.5 Å². The van der Waals surface area contributed by atoms with Crippen molar-refractivity contribution in [1.29, 1.82) is 0 Å². The number of benzene rings is 2. The lowest BCUT2D eigenvalue weighted by Gasteiger charge is -2.16. The molecule has 0 heterocycles. The average Bonchev–Trinajstić information content (AvgIpc) is 3.65. The molecule has 5 nitrogen and oxygen atoms in total. The van der Waals surface area contributed by atoms with Gasteiger partial charge in [0.15, 0.2) is 0 Å². The Morgan fingerprint density at radius 1 is 1.27 bits per heavy atom. The second-order valence-electron chi connectivity index (χ2n) is 8.31. The number of hydrogen-bond acceptors (Lipinski definition) is 4. The molecule has 0 radical (unpaired) electrons. The number of carbonyl (C=O) groups excluding carboxylic acids is 1. The number of hydrogen-bond donors (Lipinski definition) is 3. The molecular weight excluding hydrogens is 417 g/mol. The summed E-state index contributed by atoms with van der Waals surface area (Å²) in [6.07, 6.45) is 6.48. The van der Waals surface area contributed by atoms with E-state index in [1.165, 1.54) is 25.1 Å². The van der Waals surface area contributed by atoms with Gasteiger partial charge in [0.1, 0.15) is 5.82 Å². The van der Waals surface area contributed by atoms with E-state index in [0.29, 0.717) is 39.5 Å². The predicted octanol–water partition coefficient (Wildman–Crippen LogP) is 5.15. The van der Waals surface area contributed by atoms with Crippen molar-refractivity contribution < 1.29 is 14.3 Å². The third-order valence-corrected chi connectivity index (χ3v) is 5.65. The van der Waals surface area contributed by atoms with Gasteiger partial charge in [-0.3, -0.25) is 9.79 Å². The first-order valence-corrected chi connectivity index (χ1v) is 11.4. The van der Waals surface area contributed by atoms with E-state index in [4.69, 9.17) is 0 Å². The monoisotopic (exact) mass is 449 g/mol. The van der Waals surface area contributed by atoms with E-state index in [1.807, 2.05) is 25.1 Å². The normalized spacial score (nSPS) is 14.2. The topological polar surface area (TPSA) is 73.7 Å². The van der Waals surface area contributed by atoms with E-state index < -0.39 is 0 Å². The number of aryl methyl sites for hydroxylation is 1. The molecular formula is C27H32FN3O2. The first-order valence-electron chi connectivity index (χ1n) is 11.4. The van der Waals surface area contributed by atoms with Crippen LogP contribution in [0.1, 0.15) is 53.2 Å². The predicted molar refractivity (Wildman–Crippen MR) is 132 cm³/mol. The number of halogens is 1. The van der Waals surface area contributed by atoms with E-state index in [9.17, 15) is 14.3 Å². The fourth-order valence-electron chi connectivity index (χ4n) is 3.55. The van der Waals surface area contributed by atoms with E-state index in [0.717, 1.165) is 18.7 Å². The van der Waals surface area contributed by atoms with Gasteiger partial charge in [0.2, 0.25) is 0 Å². The number of rotatable bonds is 11. The molecule has 0 aromatic heterocycles. The summed E-state index contributed by atoms with van der Waals surface area (Å²) in [5.74, 6) is 0.0849. The minimum atomic E-state index is -0.292. The lowest BCUT2D eigenvalue weighted by molar-refractivity contribution is 0.0951. The van der Waals surface area contributed by atoms with Crippen molar-refractivity contribution in [2.75, 3.05) is 18.5 Å². The molecule has 1 aliphatic rings. The van der Waals surface area contributed by atoms with Crippen LogP contribution in [0.2, 0.25) is 0 Å². The Kier molecular flexibility index (Phi) is 8.55. The zero-order valence-corrected chi connectivity index (χ0v) is 19.3. The second kappa shape index (κ2) is 11.6. The van der Waals surface area contributed by atoms with Crippen molar-refractivity contribution in [3.8, 4) is 0 Å². The second-order valence-corrected chi connectivity index (χ2v) is 8.31. The van der Waals surface area contributed by atoms with Crippen LogP contribution in [0.15, 0.2) is 65.8 Å². The van der Waals surface area contributed by atoms with Crippen LogP contribution in [0.25, 0.3) is 0 Å². The highest BCUT2D eigenvalue weighted by Gasteiger charge is 2.22. The molecule has 2 aromatic carbocycles. The molecule has 3 rings (SSSR count). The molecule has 0 bridgehead atoms. The lowest BCUT2D eigenvalue weighted by Crippen LogP contribution is -2.25. The summed E-state index contributed by atoms with van der Waals surface area (Å²) < 4.78 is 13.9. The Labute approximate surface area is 195 Å². The van der Waals surface area contributed by atoms with Crippen LogP contribution >= 0.6 is 0 Å². The van der Waals surface area contributed by atoms with Gasteiger partial charge in [-0.2, -0.15) is 0 Å². The Morgan fingerprint density at radius 3 is 2.70 bits per heavy atom. The fraction of sp³-hybridized carbons (Fsp3) is 0.333. The van der Waals surface area contributed by atoms with Crippen LogP contribution < -0.4 is 10.6 Å². The molecule has 1 aliphatic carbocycles. The van der Waals surface area contributed by atoms with Crippen LogP contribution in [-0.2, 0) is 6.54 Å². The number of allylic oxidation sites excluding steroid dienone is 1. The summed E-state index contributed by atoms with van der Waals surface area (Å²) in [5, 5.41) is 16.1. The lowest BCUT2D eigenvalue weighted by atomic mass is 9.98. The third kappa shape index (κ3) is 6.62. The molecule has 1 amide bonds. The van der Waals surface area contributed by atoms with Gasteiger partial charge in [-0.25, -0.2) is 4.39 Å². The number of amides is 1. The van der Waals surface area contributed by atoms with Crippen molar-refractivity contribution in [2.24, 2.45) is 10.9 Å². The minimum Gasteiger partial charge on any atom is -0.392 e. The highest BCUT2D eigenvalue weighted by molar-refractivity contribution is 6.14. The highest BCUT2D eigenvalue weighted by atomic mass is 19.1. The first kappa shape index (κ1) is 24.4. The molecule has 1 saturated carbocycles. The van der Waals surface area contributed by atoms with Crippen LogP contribution in [-0.4, -0.2) is 29.9 Å². The van der Waals surface area contributed by atoms with Gasteiger partial charge < -0.3 is 15.7 Å². The van der Waals surface area contributed by atoms with E-state index in [-0.39, 0.29) is 24.9 Å². The van der Waals surface area contributed by atoms with Gasteiger partial charge in [-0.05, 0) is 67.0 Å². The van der Waals surface area contributed by atoms with E-state index in [2.05, 4.69) is 22.2 Å². The summed E-state index contributed by atoms with van der Waals surface area (Å²) in [6.45, 7) is 8.25. The summed E-state index contributed by atoms with van der Waals surface area (Å²) >= 11 is 0. The quantitative estimate of drug-likeness (QED) is 0.416. The Morgan fingerprint density at radius 2 is 2.06 bits per heavy atom. The van der Waals surface area contributed by atoms with Crippen LogP contribution in [0.5, 0.6) is 0 Å². The molecule has 2 aromatic rings. The van der Waals surface area contributed by atoms with Gasteiger partial charge >= 0.3 is 0 Å². The average molecular weight is 450 g/mol. The molecule has 0 unspecified atom stereocenters. The summed E-state index contributed by atoms with van der Waals surface area (Å²) in [5.41, 5.74) is 4.45. The Hall–Kier alpha value is -3.25. The maximum absolute atomic E-state index is 13.9. The zero-order valence-electron chi connectivity index (χ0n) is 19.3. The molecule has 3 N–H and O–H groups in total. The zero-order chi connectivity index (χ0) is 23.8. The van der Waals surface area contributed by atoms with Crippen molar-refractivity contribution in [3.63, 3.8) is 0 Å². The molecule has 0 aliphatic heterocycles. The molecule has 1 fully saturated rings. The number of nitrogens with one attached hydrogen (secondary N) is 2.